The molecule has 0 amide bonds. The zero-order valence-corrected chi connectivity index (χ0v) is 18.1. The molecule has 28 heavy (non-hydrogen) atoms. The molecule has 2 rings (SSSR count). The molecular weight excluding hydrogens is 354 g/mol. The lowest BCUT2D eigenvalue weighted by atomic mass is 9.80. The van der Waals surface area contributed by atoms with E-state index in [0.29, 0.717) is 24.5 Å². The van der Waals surface area contributed by atoms with E-state index in [1.54, 1.807) is 12.1 Å². The van der Waals surface area contributed by atoms with Gasteiger partial charge in [0.25, 0.3) is 0 Å². The highest BCUT2D eigenvalue weighted by Gasteiger charge is 2.22. The van der Waals surface area contributed by atoms with Gasteiger partial charge < -0.3 is 4.74 Å². The van der Waals surface area contributed by atoms with Crippen molar-refractivity contribution >= 4 is 0 Å². The Labute approximate surface area is 171 Å². The quantitative estimate of drug-likeness (QED) is 0.306. The van der Waals surface area contributed by atoms with Gasteiger partial charge in [0.15, 0.2) is 11.6 Å². The Balaban J connectivity index is 1.73. The van der Waals surface area contributed by atoms with E-state index < -0.39 is 11.6 Å². The molecule has 1 aromatic carbocycles. The largest absolute Gasteiger partial charge is 0.490 e. The van der Waals surface area contributed by atoms with E-state index in [2.05, 4.69) is 13.8 Å². The molecule has 1 aliphatic carbocycles. The molecule has 1 aromatic rings. The molecular formula is C25H40F2O. The number of hydrogen-bond acceptors (Lipinski definition) is 1. The van der Waals surface area contributed by atoms with Gasteiger partial charge in [0.1, 0.15) is 0 Å². The molecule has 0 atom stereocenters. The average Bonchev–Trinajstić information content (AvgIpc) is 2.71. The van der Waals surface area contributed by atoms with Gasteiger partial charge in [-0.3, -0.25) is 0 Å². The highest BCUT2D eigenvalue weighted by molar-refractivity contribution is 5.31. The number of hydrogen-bond donors (Lipinski definition) is 0. The van der Waals surface area contributed by atoms with Crippen LogP contribution in [-0.2, 0) is 6.42 Å². The average molecular weight is 395 g/mol. The van der Waals surface area contributed by atoms with E-state index in [-0.39, 0.29) is 5.75 Å². The summed E-state index contributed by atoms with van der Waals surface area (Å²) in [5, 5.41) is 0. The minimum Gasteiger partial charge on any atom is -0.490 e. The van der Waals surface area contributed by atoms with Crippen molar-refractivity contribution in [1.29, 1.82) is 0 Å². The number of halogens is 2. The lowest BCUT2D eigenvalue weighted by Gasteiger charge is -2.28. The van der Waals surface area contributed by atoms with Crippen molar-refractivity contribution in [3.8, 4) is 5.75 Å². The zero-order chi connectivity index (χ0) is 20.2. The molecule has 0 bridgehead atoms. The summed E-state index contributed by atoms with van der Waals surface area (Å²) in [5.41, 5.74) is 0.480. The van der Waals surface area contributed by atoms with Gasteiger partial charge in [-0.15, -0.1) is 0 Å². The van der Waals surface area contributed by atoms with Gasteiger partial charge in [-0.2, -0.15) is 4.39 Å². The minimum absolute atomic E-state index is 0.0808. The number of unbranched alkanes of at least 4 members (excludes halogenated alkanes) is 6. The predicted octanol–water partition coefficient (Wildman–Crippen LogP) is 8.24. The van der Waals surface area contributed by atoms with E-state index in [4.69, 9.17) is 4.74 Å². The van der Waals surface area contributed by atoms with Crippen LogP contribution in [0.5, 0.6) is 5.75 Å². The molecule has 0 unspecified atom stereocenters. The van der Waals surface area contributed by atoms with Gasteiger partial charge in [0.2, 0.25) is 5.82 Å². The standard InChI is InChI=1S/C25H40F2O/c1-3-5-7-8-10-12-22-17-18-23(25(27)24(22)26)28-19-21-15-13-20(14-16-21)11-9-6-4-2/h17-18,20-21H,3-16,19H2,1-2H3. The van der Waals surface area contributed by atoms with Crippen LogP contribution in [0.25, 0.3) is 0 Å². The van der Waals surface area contributed by atoms with Crippen molar-refractivity contribution in [1.82, 2.24) is 0 Å². The first-order valence-corrected chi connectivity index (χ1v) is 11.7. The van der Waals surface area contributed by atoms with Crippen LogP contribution in [0.1, 0.15) is 103 Å². The van der Waals surface area contributed by atoms with Crippen molar-refractivity contribution in [2.24, 2.45) is 11.8 Å². The van der Waals surface area contributed by atoms with Crippen molar-refractivity contribution < 1.29 is 13.5 Å². The fraction of sp³-hybridized carbons (Fsp3) is 0.760. The Hall–Kier alpha value is -1.12. The SMILES string of the molecule is CCCCCCCc1ccc(OCC2CCC(CCCCC)CC2)c(F)c1F. The lowest BCUT2D eigenvalue weighted by molar-refractivity contribution is 0.172. The summed E-state index contributed by atoms with van der Waals surface area (Å²) in [6.07, 6.45) is 16.3. The topological polar surface area (TPSA) is 9.23 Å². The fourth-order valence-corrected chi connectivity index (χ4v) is 4.37. The first-order valence-electron chi connectivity index (χ1n) is 11.7. The second-order valence-corrected chi connectivity index (χ2v) is 8.71. The maximum absolute atomic E-state index is 14.4. The second kappa shape index (κ2) is 13.2. The van der Waals surface area contributed by atoms with E-state index in [1.165, 1.54) is 57.8 Å². The Morgan fingerprint density at radius 1 is 0.786 bits per heavy atom. The van der Waals surface area contributed by atoms with Gasteiger partial charge in [-0.05, 0) is 49.1 Å². The fourth-order valence-electron chi connectivity index (χ4n) is 4.37. The van der Waals surface area contributed by atoms with Crippen LogP contribution >= 0.6 is 0 Å². The smallest absolute Gasteiger partial charge is 0.200 e. The van der Waals surface area contributed by atoms with Crippen LogP contribution in [0, 0.1) is 23.5 Å². The number of ether oxygens (including phenoxy) is 1. The maximum atomic E-state index is 14.4. The van der Waals surface area contributed by atoms with Crippen LogP contribution in [0.2, 0.25) is 0 Å². The van der Waals surface area contributed by atoms with E-state index in [0.717, 1.165) is 31.6 Å². The lowest BCUT2D eigenvalue weighted by Crippen LogP contribution is -2.20. The number of aryl methyl sites for hydroxylation is 1. The van der Waals surface area contributed by atoms with E-state index in [1.807, 2.05) is 0 Å². The van der Waals surface area contributed by atoms with Crippen molar-refractivity contribution in [2.75, 3.05) is 6.61 Å². The summed E-state index contributed by atoms with van der Waals surface area (Å²) >= 11 is 0. The first kappa shape index (κ1) is 23.2. The van der Waals surface area contributed by atoms with Gasteiger partial charge in [0.05, 0.1) is 6.61 Å². The van der Waals surface area contributed by atoms with Crippen LogP contribution in [0.4, 0.5) is 8.78 Å². The molecule has 0 spiro atoms. The Kier molecular flexibility index (Phi) is 10.9. The maximum Gasteiger partial charge on any atom is 0.200 e. The summed E-state index contributed by atoms with van der Waals surface area (Å²) in [6, 6.07) is 3.33. The molecule has 0 aromatic heterocycles. The molecule has 0 N–H and O–H groups in total. The van der Waals surface area contributed by atoms with Gasteiger partial charge in [0, 0.05) is 0 Å². The molecule has 0 aliphatic heterocycles. The van der Waals surface area contributed by atoms with E-state index >= 15 is 0 Å². The minimum atomic E-state index is -0.806. The highest BCUT2D eigenvalue weighted by atomic mass is 19.2. The number of rotatable bonds is 13. The van der Waals surface area contributed by atoms with Gasteiger partial charge in [-0.25, -0.2) is 4.39 Å². The predicted molar refractivity (Wildman–Crippen MR) is 114 cm³/mol. The molecule has 160 valence electrons. The highest BCUT2D eigenvalue weighted by Crippen LogP contribution is 2.33. The molecule has 0 saturated heterocycles. The molecule has 1 nitrogen and oxygen atoms in total. The molecule has 1 saturated carbocycles. The van der Waals surface area contributed by atoms with Crippen molar-refractivity contribution in [2.45, 2.75) is 104 Å². The summed E-state index contributed by atoms with van der Waals surface area (Å²) in [7, 11) is 0. The third kappa shape index (κ3) is 7.72. The third-order valence-electron chi connectivity index (χ3n) is 6.33. The summed E-state index contributed by atoms with van der Waals surface area (Å²) < 4.78 is 34.4. The third-order valence-corrected chi connectivity index (χ3v) is 6.33. The Bertz CT molecular complexity index is 550. The Morgan fingerprint density at radius 2 is 1.43 bits per heavy atom. The molecule has 1 fully saturated rings. The van der Waals surface area contributed by atoms with Crippen LogP contribution in [0.3, 0.4) is 0 Å². The number of benzene rings is 1. The normalized spacial score (nSPS) is 19.7. The van der Waals surface area contributed by atoms with E-state index in [9.17, 15) is 8.78 Å². The monoisotopic (exact) mass is 394 g/mol. The summed E-state index contributed by atoms with van der Waals surface area (Å²) in [5.74, 6) is -0.110. The molecule has 3 heteroatoms. The molecule has 1 aliphatic rings. The second-order valence-electron chi connectivity index (χ2n) is 8.71. The zero-order valence-electron chi connectivity index (χ0n) is 18.1. The van der Waals surface area contributed by atoms with Crippen molar-refractivity contribution in [3.05, 3.63) is 29.3 Å². The summed E-state index contributed by atoms with van der Waals surface area (Å²) in [6.45, 7) is 4.93. The van der Waals surface area contributed by atoms with Crippen LogP contribution < -0.4 is 4.74 Å². The molecule has 0 heterocycles. The molecule has 0 radical (unpaired) electrons. The van der Waals surface area contributed by atoms with Crippen LogP contribution in [0.15, 0.2) is 12.1 Å². The van der Waals surface area contributed by atoms with Gasteiger partial charge in [-0.1, -0.05) is 84.1 Å². The Morgan fingerprint density at radius 3 is 2.14 bits per heavy atom. The summed E-state index contributed by atoms with van der Waals surface area (Å²) in [4.78, 5) is 0. The first-order chi connectivity index (χ1) is 13.7. The van der Waals surface area contributed by atoms with Gasteiger partial charge >= 0.3 is 0 Å². The van der Waals surface area contributed by atoms with Crippen molar-refractivity contribution in [3.63, 3.8) is 0 Å². The van der Waals surface area contributed by atoms with Crippen LogP contribution in [-0.4, -0.2) is 6.61 Å².